The predicted octanol–water partition coefficient (Wildman–Crippen LogP) is 6.50. The summed E-state index contributed by atoms with van der Waals surface area (Å²) in [7, 11) is 0. The van der Waals surface area contributed by atoms with E-state index in [1.807, 2.05) is 18.2 Å². The highest BCUT2D eigenvalue weighted by Gasteiger charge is 2.63. The zero-order valence-corrected chi connectivity index (χ0v) is 22.2. The molecule has 2 aliphatic heterocycles. The van der Waals surface area contributed by atoms with E-state index in [1.54, 1.807) is 43.3 Å². The summed E-state index contributed by atoms with van der Waals surface area (Å²) in [6.07, 6.45) is 2.26. The van der Waals surface area contributed by atoms with Crippen molar-refractivity contribution in [1.82, 2.24) is 4.90 Å². The molecule has 1 unspecified atom stereocenters. The second-order valence-corrected chi connectivity index (χ2v) is 10.2. The van der Waals surface area contributed by atoms with Gasteiger partial charge in [-0.05, 0) is 73.8 Å². The first-order chi connectivity index (χ1) is 17.8. The number of carbonyl (C=O) groups is 1. The minimum absolute atomic E-state index is 0. The molecular formula is C30H33ClF2N2O3. The number of piperidine rings is 1. The molecule has 1 amide bonds. The summed E-state index contributed by atoms with van der Waals surface area (Å²) in [6.45, 7) is 3.90. The van der Waals surface area contributed by atoms with Crippen molar-refractivity contribution in [1.29, 1.82) is 0 Å². The number of hydrogen-bond donors (Lipinski definition) is 1. The maximum absolute atomic E-state index is 13.5. The summed E-state index contributed by atoms with van der Waals surface area (Å²) in [4.78, 5) is 16.5. The Hall–Kier alpha value is -3.00. The molecule has 8 heteroatoms. The first-order valence-corrected chi connectivity index (χ1v) is 12.8. The van der Waals surface area contributed by atoms with Crippen LogP contribution in [0.2, 0.25) is 0 Å². The van der Waals surface area contributed by atoms with Gasteiger partial charge < -0.3 is 14.7 Å². The molecule has 2 aliphatic rings. The summed E-state index contributed by atoms with van der Waals surface area (Å²) in [5.41, 5.74) is 0.208. The first kappa shape index (κ1) is 28.0. The molecule has 3 aromatic carbocycles. The Morgan fingerprint density at radius 3 is 1.95 bits per heavy atom. The number of hydrogen-bond acceptors (Lipinski definition) is 4. The zero-order chi connectivity index (χ0) is 26.0. The summed E-state index contributed by atoms with van der Waals surface area (Å²) in [5, 5.41) is 11.5. The fraction of sp³-hybridized carbons (Fsp3) is 0.367. The van der Waals surface area contributed by atoms with Crippen molar-refractivity contribution in [2.45, 2.75) is 49.9 Å². The third-order valence-corrected chi connectivity index (χ3v) is 7.95. The van der Waals surface area contributed by atoms with Gasteiger partial charge in [0.15, 0.2) is 11.3 Å². The molecule has 1 N–H and O–H groups in total. The number of anilines is 1. The summed E-state index contributed by atoms with van der Waals surface area (Å²) < 4.78 is 32.9. The lowest BCUT2D eigenvalue weighted by Gasteiger charge is -2.44. The van der Waals surface area contributed by atoms with Crippen LogP contribution in [0.1, 0.15) is 49.7 Å². The van der Waals surface area contributed by atoms with Crippen molar-refractivity contribution in [3.63, 3.8) is 0 Å². The van der Waals surface area contributed by atoms with Crippen molar-refractivity contribution < 1.29 is 23.4 Å². The summed E-state index contributed by atoms with van der Waals surface area (Å²) >= 11 is 0. The Bertz CT molecular complexity index is 1170. The molecule has 0 radical (unpaired) electrons. The largest absolute Gasteiger partial charge is 0.437 e. The Balaban J connectivity index is 0.00000336. The van der Waals surface area contributed by atoms with Crippen LogP contribution in [0.4, 0.5) is 19.3 Å². The lowest BCUT2D eigenvalue weighted by Crippen LogP contribution is -2.60. The van der Waals surface area contributed by atoms with Gasteiger partial charge in [0.25, 0.3) is 0 Å². The van der Waals surface area contributed by atoms with E-state index in [-0.39, 0.29) is 30.0 Å². The second-order valence-electron chi connectivity index (χ2n) is 10.2. The van der Waals surface area contributed by atoms with Crippen LogP contribution in [0.15, 0.2) is 78.9 Å². The van der Waals surface area contributed by atoms with E-state index < -0.39 is 17.4 Å². The number of rotatable bonds is 7. The fourth-order valence-electron chi connectivity index (χ4n) is 5.77. The van der Waals surface area contributed by atoms with Gasteiger partial charge in [0, 0.05) is 31.8 Å². The number of benzene rings is 3. The third-order valence-electron chi connectivity index (χ3n) is 7.95. The van der Waals surface area contributed by atoms with Crippen LogP contribution in [0.5, 0.6) is 0 Å². The Kier molecular flexibility index (Phi) is 8.40. The number of halogens is 3. The highest BCUT2D eigenvalue weighted by molar-refractivity contribution is 5.92. The van der Waals surface area contributed by atoms with Gasteiger partial charge >= 0.3 is 6.09 Å². The fourth-order valence-corrected chi connectivity index (χ4v) is 5.77. The van der Waals surface area contributed by atoms with Gasteiger partial charge in [0.2, 0.25) is 0 Å². The lowest BCUT2D eigenvalue weighted by atomic mass is 9.81. The normalized spacial score (nSPS) is 21.0. The summed E-state index contributed by atoms with van der Waals surface area (Å²) in [6, 6.07) is 22.1. The third kappa shape index (κ3) is 5.41. The minimum Gasteiger partial charge on any atom is -0.437 e. The smallest absolute Gasteiger partial charge is 0.417 e. The van der Waals surface area contributed by atoms with Gasteiger partial charge in [-0.3, -0.25) is 0 Å². The lowest BCUT2D eigenvalue weighted by molar-refractivity contribution is -0.125. The average Bonchev–Trinajstić information content (AvgIpc) is 3.08. The van der Waals surface area contributed by atoms with Crippen LogP contribution in [0.3, 0.4) is 0 Å². The van der Waals surface area contributed by atoms with Crippen LogP contribution in [0.25, 0.3) is 0 Å². The maximum atomic E-state index is 13.5. The van der Waals surface area contributed by atoms with E-state index in [0.29, 0.717) is 31.6 Å². The Morgan fingerprint density at radius 2 is 1.42 bits per heavy atom. The molecule has 38 heavy (non-hydrogen) atoms. The number of likely N-dealkylation sites (tertiary alicyclic amines) is 1. The Morgan fingerprint density at radius 1 is 0.895 bits per heavy atom. The molecule has 0 bridgehead atoms. The van der Waals surface area contributed by atoms with E-state index >= 15 is 0 Å². The minimum atomic E-state index is -1.45. The van der Waals surface area contributed by atoms with E-state index in [0.717, 1.165) is 30.5 Å². The first-order valence-electron chi connectivity index (χ1n) is 12.8. The molecule has 202 valence electrons. The highest BCUT2D eigenvalue weighted by Crippen LogP contribution is 2.46. The van der Waals surface area contributed by atoms with Gasteiger partial charge in [-0.1, -0.05) is 42.5 Å². The molecule has 0 saturated carbocycles. The van der Waals surface area contributed by atoms with Crippen LogP contribution >= 0.6 is 12.4 Å². The van der Waals surface area contributed by atoms with Gasteiger partial charge in [0.1, 0.15) is 11.6 Å². The number of para-hydroxylation sites is 1. The van der Waals surface area contributed by atoms with Crippen molar-refractivity contribution in [3.8, 4) is 0 Å². The molecule has 1 atom stereocenters. The van der Waals surface area contributed by atoms with E-state index in [1.165, 1.54) is 29.2 Å². The van der Waals surface area contributed by atoms with Crippen LogP contribution in [-0.4, -0.2) is 47.1 Å². The molecule has 1 spiro atoms. The number of carbonyl (C=O) groups excluding carboxylic acids is 1. The van der Waals surface area contributed by atoms with Crippen LogP contribution < -0.4 is 4.90 Å². The number of ether oxygens (including phenoxy) is 1. The maximum Gasteiger partial charge on any atom is 0.417 e. The zero-order valence-electron chi connectivity index (χ0n) is 21.4. The van der Waals surface area contributed by atoms with Gasteiger partial charge in [0.05, 0.1) is 5.69 Å². The van der Waals surface area contributed by atoms with Crippen molar-refractivity contribution in [2.75, 3.05) is 24.5 Å². The molecule has 0 aromatic heterocycles. The number of aliphatic hydroxyl groups is 1. The quantitative estimate of drug-likeness (QED) is 0.370. The predicted molar refractivity (Wildman–Crippen MR) is 146 cm³/mol. The molecule has 5 nitrogen and oxygen atoms in total. The molecule has 2 saturated heterocycles. The summed E-state index contributed by atoms with van der Waals surface area (Å²) in [5.74, 6) is -0.523. The average molecular weight is 543 g/mol. The monoisotopic (exact) mass is 542 g/mol. The molecule has 5 rings (SSSR count). The Labute approximate surface area is 228 Å². The van der Waals surface area contributed by atoms with Crippen molar-refractivity contribution >= 4 is 24.2 Å². The van der Waals surface area contributed by atoms with Gasteiger partial charge in [-0.15, -0.1) is 12.4 Å². The van der Waals surface area contributed by atoms with Gasteiger partial charge in [-0.25, -0.2) is 18.5 Å². The van der Waals surface area contributed by atoms with E-state index in [4.69, 9.17) is 4.74 Å². The van der Waals surface area contributed by atoms with Gasteiger partial charge in [-0.2, -0.15) is 0 Å². The van der Waals surface area contributed by atoms with E-state index in [9.17, 15) is 18.7 Å². The van der Waals surface area contributed by atoms with Crippen LogP contribution in [0, 0.1) is 11.6 Å². The molecular weight excluding hydrogens is 510 g/mol. The highest BCUT2D eigenvalue weighted by atomic mass is 35.5. The topological polar surface area (TPSA) is 53.0 Å². The number of amides is 1. The molecule has 0 aliphatic carbocycles. The molecule has 2 fully saturated rings. The standard InChI is InChI=1S/C30H32F2N2O3.ClH/c1-29(36)30(37-28(35)34(29)26-6-3-2-4-7-26)17-20-33(21-18-30)19-5-8-27(22-9-13-24(31)14-10-22)23-11-15-25(32)16-12-23;/h2-4,6-7,9-16,27,36H,5,8,17-21H2,1H3;1H. The molecule has 3 aromatic rings. The molecule has 2 heterocycles. The SMILES string of the molecule is CC1(O)N(c2ccccc2)C(=O)OC12CCN(CCCC(c1ccc(F)cc1)c1ccc(F)cc1)CC2.Cl. The second kappa shape index (κ2) is 11.4. The van der Waals surface area contributed by atoms with Crippen LogP contribution in [-0.2, 0) is 4.74 Å². The van der Waals surface area contributed by atoms with E-state index in [2.05, 4.69) is 4.90 Å². The van der Waals surface area contributed by atoms with Crippen molar-refractivity contribution in [3.05, 3.63) is 102 Å². The van der Waals surface area contributed by atoms with Crippen molar-refractivity contribution in [2.24, 2.45) is 0 Å². The number of nitrogens with zero attached hydrogens (tertiary/aromatic N) is 2.